The van der Waals surface area contributed by atoms with Crippen molar-refractivity contribution < 1.29 is 9.13 Å². The summed E-state index contributed by atoms with van der Waals surface area (Å²) < 4.78 is 18.2. The third-order valence-electron chi connectivity index (χ3n) is 1.83. The van der Waals surface area contributed by atoms with Gasteiger partial charge in [0.1, 0.15) is 0 Å². The molecule has 2 nitrogen and oxygen atoms in total. The van der Waals surface area contributed by atoms with Gasteiger partial charge in [0.25, 0.3) is 5.95 Å². The minimum atomic E-state index is -0.540. The molecule has 0 bridgehead atoms. The van der Waals surface area contributed by atoms with E-state index in [4.69, 9.17) is 4.74 Å². The van der Waals surface area contributed by atoms with Crippen molar-refractivity contribution >= 4 is 0 Å². The second-order valence-corrected chi connectivity index (χ2v) is 4.45. The molecule has 0 aromatic carbocycles. The Hall–Kier alpha value is -1.12. The molecule has 0 unspecified atom stereocenters. The smallest absolute Gasteiger partial charge is 0.255 e. The zero-order chi connectivity index (χ0) is 10.6. The zero-order valence-electron chi connectivity index (χ0n) is 8.88. The topological polar surface area (TPSA) is 22.1 Å². The van der Waals surface area contributed by atoms with E-state index in [1.807, 2.05) is 0 Å². The summed E-state index contributed by atoms with van der Waals surface area (Å²) in [5.74, 6) is -0.307. The van der Waals surface area contributed by atoms with Crippen molar-refractivity contribution in [1.29, 1.82) is 0 Å². The average Bonchev–Trinajstić information content (AvgIpc) is 2.06. The van der Waals surface area contributed by atoms with Crippen molar-refractivity contribution in [2.24, 2.45) is 5.41 Å². The van der Waals surface area contributed by atoms with Crippen LogP contribution < -0.4 is 4.74 Å². The predicted molar refractivity (Wildman–Crippen MR) is 53.8 cm³/mol. The second kappa shape index (κ2) is 4.40. The third-order valence-corrected chi connectivity index (χ3v) is 1.83. The largest absolute Gasteiger partial charge is 0.489 e. The predicted octanol–water partition coefficient (Wildman–Crippen LogP) is 3.04. The summed E-state index contributed by atoms with van der Waals surface area (Å²) in [6.45, 7) is 6.88. The van der Waals surface area contributed by atoms with E-state index >= 15 is 0 Å². The first-order valence-electron chi connectivity index (χ1n) is 4.72. The van der Waals surface area contributed by atoms with Crippen LogP contribution in [-0.2, 0) is 0 Å². The first kappa shape index (κ1) is 11.0. The van der Waals surface area contributed by atoms with Crippen molar-refractivity contribution in [1.82, 2.24) is 4.98 Å². The van der Waals surface area contributed by atoms with Gasteiger partial charge in [-0.3, -0.25) is 0 Å². The summed E-state index contributed by atoms with van der Waals surface area (Å²) in [7, 11) is 0. The van der Waals surface area contributed by atoms with Crippen LogP contribution in [0.25, 0.3) is 0 Å². The molecular formula is C11H16FNO. The SMILES string of the molecule is CC(C)(C)CCOc1cccnc1F. The fourth-order valence-corrected chi connectivity index (χ4v) is 0.946. The molecule has 0 amide bonds. The standard InChI is InChI=1S/C11H16FNO/c1-11(2,3)6-8-14-9-5-4-7-13-10(9)12/h4-5,7H,6,8H2,1-3H3. The van der Waals surface area contributed by atoms with Crippen molar-refractivity contribution in [3.05, 3.63) is 24.3 Å². The highest BCUT2D eigenvalue weighted by Crippen LogP contribution is 2.20. The lowest BCUT2D eigenvalue weighted by molar-refractivity contribution is 0.233. The van der Waals surface area contributed by atoms with Crippen LogP contribution in [0.2, 0.25) is 0 Å². The Morgan fingerprint density at radius 3 is 2.71 bits per heavy atom. The van der Waals surface area contributed by atoms with Gasteiger partial charge in [-0.25, -0.2) is 4.98 Å². The van der Waals surface area contributed by atoms with Gasteiger partial charge in [0.15, 0.2) is 5.75 Å². The molecule has 0 N–H and O–H groups in total. The molecule has 3 heteroatoms. The Balaban J connectivity index is 2.43. The van der Waals surface area contributed by atoms with Crippen molar-refractivity contribution in [2.75, 3.05) is 6.61 Å². The molecule has 0 fully saturated rings. The first-order chi connectivity index (χ1) is 6.49. The van der Waals surface area contributed by atoms with Gasteiger partial charge in [-0.05, 0) is 24.0 Å². The Labute approximate surface area is 84.1 Å². The quantitative estimate of drug-likeness (QED) is 0.695. The molecule has 0 aliphatic carbocycles. The van der Waals surface area contributed by atoms with Crippen LogP contribution in [0.3, 0.4) is 0 Å². The van der Waals surface area contributed by atoms with Gasteiger partial charge in [0.05, 0.1) is 6.61 Å². The summed E-state index contributed by atoms with van der Waals surface area (Å²) in [5, 5.41) is 0. The Morgan fingerprint density at radius 1 is 1.43 bits per heavy atom. The van der Waals surface area contributed by atoms with E-state index in [9.17, 15) is 4.39 Å². The average molecular weight is 197 g/mol. The highest BCUT2D eigenvalue weighted by atomic mass is 19.1. The number of pyridine rings is 1. The first-order valence-corrected chi connectivity index (χ1v) is 4.72. The highest BCUT2D eigenvalue weighted by molar-refractivity contribution is 5.17. The number of hydrogen-bond acceptors (Lipinski definition) is 2. The van der Waals surface area contributed by atoms with Gasteiger partial charge in [-0.2, -0.15) is 4.39 Å². The summed E-state index contributed by atoms with van der Waals surface area (Å²) in [6, 6.07) is 3.25. The zero-order valence-corrected chi connectivity index (χ0v) is 8.88. The van der Waals surface area contributed by atoms with E-state index in [1.54, 1.807) is 12.1 Å². The van der Waals surface area contributed by atoms with Crippen LogP contribution in [0.4, 0.5) is 4.39 Å². The summed E-state index contributed by atoms with van der Waals surface area (Å²) in [6.07, 6.45) is 2.30. The van der Waals surface area contributed by atoms with E-state index in [1.165, 1.54) is 6.20 Å². The Morgan fingerprint density at radius 2 is 2.14 bits per heavy atom. The maximum atomic E-state index is 13.0. The van der Waals surface area contributed by atoms with E-state index < -0.39 is 5.95 Å². The second-order valence-electron chi connectivity index (χ2n) is 4.45. The van der Waals surface area contributed by atoms with Crippen LogP contribution in [0, 0.1) is 11.4 Å². The molecule has 0 spiro atoms. The number of hydrogen-bond donors (Lipinski definition) is 0. The molecule has 0 aliphatic rings. The van der Waals surface area contributed by atoms with Crippen molar-refractivity contribution in [3.8, 4) is 5.75 Å². The van der Waals surface area contributed by atoms with Crippen LogP contribution in [0.15, 0.2) is 18.3 Å². The molecule has 1 aromatic heterocycles. The molecule has 0 saturated heterocycles. The maximum absolute atomic E-state index is 13.0. The summed E-state index contributed by atoms with van der Waals surface area (Å²) >= 11 is 0. The van der Waals surface area contributed by atoms with Crippen LogP contribution in [0.1, 0.15) is 27.2 Å². The van der Waals surface area contributed by atoms with Crippen LogP contribution in [-0.4, -0.2) is 11.6 Å². The molecular weight excluding hydrogens is 181 g/mol. The monoisotopic (exact) mass is 197 g/mol. The molecule has 1 rings (SSSR count). The fraction of sp³-hybridized carbons (Fsp3) is 0.545. The maximum Gasteiger partial charge on any atom is 0.255 e. The summed E-state index contributed by atoms with van der Waals surface area (Å²) in [4.78, 5) is 3.50. The van der Waals surface area contributed by atoms with E-state index in [0.29, 0.717) is 6.61 Å². The molecule has 1 aromatic rings. The molecule has 78 valence electrons. The van der Waals surface area contributed by atoms with E-state index in [2.05, 4.69) is 25.8 Å². The molecule has 14 heavy (non-hydrogen) atoms. The van der Waals surface area contributed by atoms with Crippen molar-refractivity contribution in [3.63, 3.8) is 0 Å². The Bertz CT molecular complexity index is 294. The number of nitrogens with zero attached hydrogens (tertiary/aromatic N) is 1. The van der Waals surface area contributed by atoms with E-state index in [0.717, 1.165) is 6.42 Å². The van der Waals surface area contributed by atoms with Crippen LogP contribution >= 0.6 is 0 Å². The van der Waals surface area contributed by atoms with Gasteiger partial charge in [0.2, 0.25) is 0 Å². The van der Waals surface area contributed by atoms with Gasteiger partial charge >= 0.3 is 0 Å². The lowest BCUT2D eigenvalue weighted by atomic mass is 9.93. The number of ether oxygens (including phenoxy) is 1. The van der Waals surface area contributed by atoms with E-state index in [-0.39, 0.29) is 11.2 Å². The number of rotatable bonds is 3. The lowest BCUT2D eigenvalue weighted by Crippen LogP contribution is -2.11. The molecule has 0 aliphatic heterocycles. The summed E-state index contributed by atoms with van der Waals surface area (Å²) in [5.41, 5.74) is 0.207. The lowest BCUT2D eigenvalue weighted by Gasteiger charge is -2.17. The van der Waals surface area contributed by atoms with Gasteiger partial charge in [-0.1, -0.05) is 20.8 Å². The van der Waals surface area contributed by atoms with Crippen molar-refractivity contribution in [2.45, 2.75) is 27.2 Å². The van der Waals surface area contributed by atoms with Crippen LogP contribution in [0.5, 0.6) is 5.75 Å². The fourth-order valence-electron chi connectivity index (χ4n) is 0.946. The normalized spacial score (nSPS) is 11.4. The highest BCUT2D eigenvalue weighted by Gasteiger charge is 2.10. The number of halogens is 1. The van der Waals surface area contributed by atoms with Gasteiger partial charge in [-0.15, -0.1) is 0 Å². The minimum Gasteiger partial charge on any atom is -0.489 e. The Kier molecular flexibility index (Phi) is 3.44. The minimum absolute atomic E-state index is 0.207. The third kappa shape index (κ3) is 3.73. The van der Waals surface area contributed by atoms with Gasteiger partial charge in [0, 0.05) is 6.20 Å². The molecule has 0 atom stereocenters. The molecule has 0 saturated carbocycles. The molecule has 0 radical (unpaired) electrons. The van der Waals surface area contributed by atoms with Gasteiger partial charge < -0.3 is 4.74 Å². The molecule has 1 heterocycles. The number of aromatic nitrogens is 1.